The van der Waals surface area contributed by atoms with Gasteiger partial charge in [-0.2, -0.15) is 13.2 Å². The predicted molar refractivity (Wildman–Crippen MR) is 96.3 cm³/mol. The lowest BCUT2D eigenvalue weighted by molar-refractivity contribution is -0.195. The molecule has 1 saturated heterocycles. The number of carbonyl (C=O) groups is 1. The zero-order chi connectivity index (χ0) is 22.9. The third-order valence-corrected chi connectivity index (χ3v) is 4.93. The number of rotatable bonds is 5. The van der Waals surface area contributed by atoms with Crippen LogP contribution in [0.3, 0.4) is 0 Å². The number of aromatic nitrogens is 1. The molecule has 1 unspecified atom stereocenters. The Morgan fingerprint density at radius 3 is 2.42 bits per heavy atom. The number of carbonyl (C=O) groups excluding carboxylic acids is 1. The lowest BCUT2D eigenvalue weighted by Crippen LogP contribution is -2.52. The number of esters is 1. The summed E-state index contributed by atoms with van der Waals surface area (Å²) < 4.78 is 94.0. The molecule has 0 amide bonds. The number of fused-ring (bicyclic) bond motifs is 1. The van der Waals surface area contributed by atoms with Crippen molar-refractivity contribution < 1.29 is 40.6 Å². The van der Waals surface area contributed by atoms with E-state index in [1.165, 1.54) is 6.92 Å². The Kier molecular flexibility index (Phi) is 6.60. The van der Waals surface area contributed by atoms with Crippen LogP contribution in [0.4, 0.5) is 26.3 Å². The molecule has 2 aromatic rings. The van der Waals surface area contributed by atoms with E-state index in [0.29, 0.717) is 16.8 Å². The molecule has 6 nitrogen and oxygen atoms in total. The van der Waals surface area contributed by atoms with E-state index in [0.717, 1.165) is 4.90 Å². The number of halogens is 6. The van der Waals surface area contributed by atoms with Gasteiger partial charge in [-0.15, -0.1) is 0 Å². The summed E-state index contributed by atoms with van der Waals surface area (Å²) in [4.78, 5) is 25.8. The number of alkyl halides is 3. The van der Waals surface area contributed by atoms with E-state index in [-0.39, 0.29) is 32.9 Å². The van der Waals surface area contributed by atoms with Gasteiger partial charge in [0, 0.05) is 25.8 Å². The van der Waals surface area contributed by atoms with Gasteiger partial charge >= 0.3 is 12.1 Å². The molecule has 0 aliphatic carbocycles. The third-order valence-electron chi connectivity index (χ3n) is 4.93. The highest BCUT2D eigenvalue weighted by Gasteiger charge is 2.44. The predicted octanol–water partition coefficient (Wildman–Crippen LogP) is 2.86. The molecule has 1 fully saturated rings. The molecule has 3 rings (SSSR count). The van der Waals surface area contributed by atoms with Gasteiger partial charge in [-0.1, -0.05) is 0 Å². The summed E-state index contributed by atoms with van der Waals surface area (Å²) in [7, 11) is 0. The summed E-state index contributed by atoms with van der Waals surface area (Å²) in [5.74, 6) is -6.66. The van der Waals surface area contributed by atoms with Crippen LogP contribution in [0.5, 0.6) is 0 Å². The maximum atomic E-state index is 14.6. The smallest absolute Gasteiger partial charge is 0.405 e. The fourth-order valence-corrected chi connectivity index (χ4v) is 3.46. The van der Waals surface area contributed by atoms with Crippen LogP contribution in [-0.4, -0.2) is 60.6 Å². The number of hydrogen-bond donors (Lipinski definition) is 0. The molecule has 170 valence electrons. The average Bonchev–Trinajstić information content (AvgIpc) is 2.71. The first-order valence-corrected chi connectivity index (χ1v) is 9.32. The van der Waals surface area contributed by atoms with Crippen molar-refractivity contribution in [1.29, 1.82) is 0 Å². The summed E-state index contributed by atoms with van der Waals surface area (Å²) in [5, 5.41) is -0.773. The quantitative estimate of drug-likeness (QED) is 0.397. The molecule has 1 aromatic carbocycles. The summed E-state index contributed by atoms with van der Waals surface area (Å²) in [6, 6.07) is -1.81. The number of nitrogens with zero attached hydrogens (tertiary/aromatic N) is 2. The van der Waals surface area contributed by atoms with E-state index >= 15 is 0 Å². The number of morpholine rings is 1. The van der Waals surface area contributed by atoms with Crippen molar-refractivity contribution >= 4 is 16.9 Å². The van der Waals surface area contributed by atoms with E-state index in [4.69, 9.17) is 9.47 Å². The molecule has 0 spiro atoms. The highest BCUT2D eigenvalue weighted by atomic mass is 19.4. The summed E-state index contributed by atoms with van der Waals surface area (Å²) in [5.41, 5.74) is -2.78. The fourth-order valence-electron chi connectivity index (χ4n) is 3.46. The lowest BCUT2D eigenvalue weighted by Gasteiger charge is -2.36. The van der Waals surface area contributed by atoms with Crippen molar-refractivity contribution in [2.45, 2.75) is 25.7 Å². The second-order valence-electron chi connectivity index (χ2n) is 6.83. The van der Waals surface area contributed by atoms with Crippen molar-refractivity contribution in [1.82, 2.24) is 9.47 Å². The van der Waals surface area contributed by atoms with Gasteiger partial charge in [-0.05, 0) is 13.0 Å². The van der Waals surface area contributed by atoms with Crippen LogP contribution in [0.25, 0.3) is 10.9 Å². The summed E-state index contributed by atoms with van der Waals surface area (Å²) in [6.07, 6.45) is -4.10. The molecule has 0 bridgehead atoms. The van der Waals surface area contributed by atoms with Gasteiger partial charge in [-0.3, -0.25) is 9.69 Å². The van der Waals surface area contributed by atoms with Gasteiger partial charge in [0.15, 0.2) is 17.5 Å². The minimum absolute atomic E-state index is 0.0414. The highest BCUT2D eigenvalue weighted by molar-refractivity contribution is 5.94. The second-order valence-corrected chi connectivity index (χ2v) is 6.83. The normalized spacial score (nSPS) is 16.5. The summed E-state index contributed by atoms with van der Waals surface area (Å²) in [6.45, 7) is 0.247. The van der Waals surface area contributed by atoms with E-state index in [9.17, 15) is 35.9 Å². The minimum atomic E-state index is -4.79. The van der Waals surface area contributed by atoms with Crippen LogP contribution < -0.4 is 5.43 Å². The minimum Gasteiger partial charge on any atom is -0.462 e. The Balaban J connectivity index is 2.23. The van der Waals surface area contributed by atoms with Crippen molar-refractivity contribution in [3.05, 3.63) is 45.5 Å². The molecule has 1 aliphatic rings. The number of ether oxygens (including phenoxy) is 2. The SMILES string of the molecule is CCOC(=O)c1cn(CC(N2CCOCC2)C(F)(F)F)c2c(F)c(F)c(F)cc2c1=O. The second kappa shape index (κ2) is 8.87. The van der Waals surface area contributed by atoms with Gasteiger partial charge in [0.2, 0.25) is 5.43 Å². The van der Waals surface area contributed by atoms with Crippen LogP contribution in [0.1, 0.15) is 17.3 Å². The molecule has 12 heteroatoms. The topological polar surface area (TPSA) is 60.8 Å². The van der Waals surface area contributed by atoms with Gasteiger partial charge in [0.1, 0.15) is 11.6 Å². The van der Waals surface area contributed by atoms with E-state index in [1.807, 2.05) is 0 Å². The molecular formula is C19H18F6N2O4. The molecule has 2 heterocycles. The Labute approximate surface area is 171 Å². The van der Waals surface area contributed by atoms with Crippen molar-refractivity contribution in [2.24, 2.45) is 0 Å². The third kappa shape index (κ3) is 4.54. The molecular weight excluding hydrogens is 434 g/mol. The number of pyridine rings is 1. The highest BCUT2D eigenvalue weighted by Crippen LogP contribution is 2.29. The van der Waals surface area contributed by atoms with Crippen LogP contribution in [-0.2, 0) is 16.0 Å². The monoisotopic (exact) mass is 452 g/mol. The standard InChI is InChI=1S/C19H18F6N2O4/c1-2-31-18(29)11-8-27(9-13(19(23,24)25)26-3-5-30-6-4-26)16-10(17(11)28)7-12(20)14(21)15(16)22/h7-8,13H,2-6,9H2,1H3. The first kappa shape index (κ1) is 23.1. The summed E-state index contributed by atoms with van der Waals surface area (Å²) >= 11 is 0. The van der Waals surface area contributed by atoms with E-state index in [1.54, 1.807) is 0 Å². The first-order chi connectivity index (χ1) is 14.6. The Morgan fingerprint density at radius 2 is 1.84 bits per heavy atom. The van der Waals surface area contributed by atoms with Crippen molar-refractivity contribution in [2.75, 3.05) is 32.9 Å². The Hall–Kier alpha value is -2.60. The zero-order valence-corrected chi connectivity index (χ0v) is 16.3. The Morgan fingerprint density at radius 1 is 1.19 bits per heavy atom. The van der Waals surface area contributed by atoms with Crippen LogP contribution in [0.15, 0.2) is 17.1 Å². The lowest BCUT2D eigenvalue weighted by atomic mass is 10.1. The molecule has 1 aromatic heterocycles. The van der Waals surface area contributed by atoms with E-state index in [2.05, 4.69) is 0 Å². The largest absolute Gasteiger partial charge is 0.462 e. The van der Waals surface area contributed by atoms with Gasteiger partial charge < -0.3 is 14.0 Å². The van der Waals surface area contributed by atoms with Gasteiger partial charge in [0.25, 0.3) is 0 Å². The molecule has 0 saturated carbocycles. The fraction of sp³-hybridized carbons (Fsp3) is 0.474. The van der Waals surface area contributed by atoms with Crippen LogP contribution in [0, 0.1) is 17.5 Å². The number of hydrogen-bond acceptors (Lipinski definition) is 5. The number of benzene rings is 1. The molecule has 0 N–H and O–H groups in total. The average molecular weight is 452 g/mol. The molecule has 31 heavy (non-hydrogen) atoms. The maximum absolute atomic E-state index is 14.6. The molecule has 1 atom stereocenters. The first-order valence-electron chi connectivity index (χ1n) is 9.32. The Bertz CT molecular complexity index is 1050. The van der Waals surface area contributed by atoms with Crippen LogP contribution >= 0.6 is 0 Å². The van der Waals surface area contributed by atoms with E-state index < -0.39 is 64.1 Å². The van der Waals surface area contributed by atoms with Gasteiger partial charge in [0.05, 0.1) is 30.7 Å². The molecule has 0 radical (unpaired) electrons. The molecule has 1 aliphatic heterocycles. The van der Waals surface area contributed by atoms with Gasteiger partial charge in [-0.25, -0.2) is 18.0 Å². The van der Waals surface area contributed by atoms with Crippen molar-refractivity contribution in [3.63, 3.8) is 0 Å². The maximum Gasteiger partial charge on any atom is 0.405 e. The van der Waals surface area contributed by atoms with Crippen LogP contribution in [0.2, 0.25) is 0 Å². The van der Waals surface area contributed by atoms with Crippen molar-refractivity contribution in [3.8, 4) is 0 Å². The zero-order valence-electron chi connectivity index (χ0n) is 16.3.